The van der Waals surface area contributed by atoms with Crippen molar-refractivity contribution in [3.05, 3.63) is 23.9 Å². The van der Waals surface area contributed by atoms with Gasteiger partial charge >= 0.3 is 0 Å². The van der Waals surface area contributed by atoms with Crippen LogP contribution in [0.3, 0.4) is 0 Å². The molecule has 0 radical (unpaired) electrons. The Kier molecular flexibility index (Phi) is 3.82. The molecular weight excluding hydrogens is 268 g/mol. The van der Waals surface area contributed by atoms with Gasteiger partial charge in [-0.05, 0) is 25.5 Å². The molecule has 4 heteroatoms. The molecule has 0 bridgehead atoms. The second kappa shape index (κ2) is 5.15. The standard InChI is InChI=1S/C12H17BrN2O/c1-9-4-3-5-14-12(9)15-7-11(6-13)16-8-10(15)2/h3-5,10-11H,6-8H2,1-2H3. The van der Waals surface area contributed by atoms with Crippen molar-refractivity contribution in [2.75, 3.05) is 23.4 Å². The summed E-state index contributed by atoms with van der Waals surface area (Å²) in [5.74, 6) is 1.09. The molecule has 88 valence electrons. The highest BCUT2D eigenvalue weighted by Gasteiger charge is 2.26. The van der Waals surface area contributed by atoms with Crippen molar-refractivity contribution >= 4 is 21.7 Å². The summed E-state index contributed by atoms with van der Waals surface area (Å²) in [7, 11) is 0. The second-order valence-electron chi connectivity index (χ2n) is 4.25. The molecule has 1 aromatic heterocycles. The van der Waals surface area contributed by atoms with E-state index in [0.717, 1.165) is 24.3 Å². The SMILES string of the molecule is Cc1cccnc1N1CC(CBr)OCC1C. The van der Waals surface area contributed by atoms with Crippen molar-refractivity contribution < 1.29 is 4.74 Å². The quantitative estimate of drug-likeness (QED) is 0.780. The number of aromatic nitrogens is 1. The van der Waals surface area contributed by atoms with Gasteiger partial charge in [0.2, 0.25) is 0 Å². The number of hydrogen-bond acceptors (Lipinski definition) is 3. The average molecular weight is 285 g/mol. The first-order valence-electron chi connectivity index (χ1n) is 5.58. The maximum absolute atomic E-state index is 5.71. The number of rotatable bonds is 2. The third kappa shape index (κ3) is 2.38. The zero-order valence-corrected chi connectivity index (χ0v) is 11.3. The lowest BCUT2D eigenvalue weighted by Crippen LogP contribution is -2.49. The third-order valence-electron chi connectivity index (χ3n) is 2.93. The minimum Gasteiger partial charge on any atom is -0.373 e. The predicted octanol–water partition coefficient (Wildman–Crippen LogP) is 2.38. The van der Waals surface area contributed by atoms with Gasteiger partial charge in [0.05, 0.1) is 18.8 Å². The molecule has 1 fully saturated rings. The van der Waals surface area contributed by atoms with Gasteiger partial charge in [-0.3, -0.25) is 0 Å². The summed E-state index contributed by atoms with van der Waals surface area (Å²) in [5.41, 5.74) is 1.23. The highest BCUT2D eigenvalue weighted by molar-refractivity contribution is 9.09. The number of aryl methyl sites for hydroxylation is 1. The van der Waals surface area contributed by atoms with E-state index in [1.54, 1.807) is 0 Å². The summed E-state index contributed by atoms with van der Waals surface area (Å²) in [5, 5.41) is 0.877. The first kappa shape index (κ1) is 11.9. The van der Waals surface area contributed by atoms with E-state index in [4.69, 9.17) is 4.74 Å². The van der Waals surface area contributed by atoms with Crippen LogP contribution in [0.2, 0.25) is 0 Å². The van der Waals surface area contributed by atoms with Gasteiger partial charge in [0.1, 0.15) is 5.82 Å². The Hall–Kier alpha value is -0.610. The number of hydrogen-bond donors (Lipinski definition) is 0. The van der Waals surface area contributed by atoms with E-state index in [2.05, 4.69) is 45.7 Å². The van der Waals surface area contributed by atoms with Crippen LogP contribution in [-0.4, -0.2) is 35.6 Å². The summed E-state index contributed by atoms with van der Waals surface area (Å²) in [6.45, 7) is 5.96. The highest BCUT2D eigenvalue weighted by Crippen LogP contribution is 2.23. The molecule has 0 aliphatic carbocycles. The Morgan fingerprint density at radius 2 is 2.44 bits per heavy atom. The first-order chi connectivity index (χ1) is 7.72. The van der Waals surface area contributed by atoms with Gasteiger partial charge in [-0.1, -0.05) is 22.0 Å². The van der Waals surface area contributed by atoms with E-state index in [9.17, 15) is 0 Å². The van der Waals surface area contributed by atoms with E-state index in [-0.39, 0.29) is 6.10 Å². The number of ether oxygens (including phenoxy) is 1. The molecule has 1 saturated heterocycles. The number of morpholine rings is 1. The molecule has 2 heterocycles. The summed E-state index contributed by atoms with van der Waals surface area (Å²) in [6, 6.07) is 4.48. The molecule has 0 amide bonds. The molecule has 0 saturated carbocycles. The summed E-state index contributed by atoms with van der Waals surface area (Å²) in [6.07, 6.45) is 2.12. The number of halogens is 1. The molecule has 2 unspecified atom stereocenters. The van der Waals surface area contributed by atoms with Gasteiger partial charge in [-0.25, -0.2) is 4.98 Å². The fourth-order valence-corrected chi connectivity index (χ4v) is 2.38. The highest BCUT2D eigenvalue weighted by atomic mass is 79.9. The molecule has 0 aromatic carbocycles. The van der Waals surface area contributed by atoms with Crippen molar-refractivity contribution in [2.24, 2.45) is 0 Å². The van der Waals surface area contributed by atoms with Crippen LogP contribution < -0.4 is 4.90 Å². The van der Waals surface area contributed by atoms with Crippen molar-refractivity contribution in [3.8, 4) is 0 Å². The molecule has 3 nitrogen and oxygen atoms in total. The summed E-state index contributed by atoms with van der Waals surface area (Å²) >= 11 is 3.48. The van der Waals surface area contributed by atoms with Crippen molar-refractivity contribution in [2.45, 2.75) is 26.0 Å². The topological polar surface area (TPSA) is 25.4 Å². The van der Waals surface area contributed by atoms with Crippen LogP contribution in [0.15, 0.2) is 18.3 Å². The van der Waals surface area contributed by atoms with Crippen LogP contribution in [-0.2, 0) is 4.74 Å². The largest absolute Gasteiger partial charge is 0.373 e. The Morgan fingerprint density at radius 3 is 3.12 bits per heavy atom. The lowest BCUT2D eigenvalue weighted by atomic mass is 10.1. The fraction of sp³-hybridized carbons (Fsp3) is 0.583. The molecule has 1 aliphatic heterocycles. The summed E-state index contributed by atoms with van der Waals surface area (Å²) < 4.78 is 5.71. The number of nitrogens with zero attached hydrogens (tertiary/aromatic N) is 2. The van der Waals surface area contributed by atoms with Gasteiger partial charge < -0.3 is 9.64 Å². The zero-order chi connectivity index (χ0) is 11.5. The maximum atomic E-state index is 5.71. The van der Waals surface area contributed by atoms with Gasteiger partial charge in [0.15, 0.2) is 0 Å². The molecule has 0 spiro atoms. The van der Waals surface area contributed by atoms with E-state index < -0.39 is 0 Å². The van der Waals surface area contributed by atoms with Crippen LogP contribution in [0.4, 0.5) is 5.82 Å². The van der Waals surface area contributed by atoms with Crippen molar-refractivity contribution in [1.82, 2.24) is 4.98 Å². The van der Waals surface area contributed by atoms with Gasteiger partial charge in [-0.15, -0.1) is 0 Å². The molecule has 1 aromatic rings. The predicted molar refractivity (Wildman–Crippen MR) is 69.3 cm³/mol. The van der Waals surface area contributed by atoms with Crippen LogP contribution in [0.1, 0.15) is 12.5 Å². The monoisotopic (exact) mass is 284 g/mol. The molecule has 16 heavy (non-hydrogen) atoms. The van der Waals surface area contributed by atoms with E-state index in [0.29, 0.717) is 6.04 Å². The molecular formula is C12H17BrN2O. The van der Waals surface area contributed by atoms with Gasteiger partial charge in [0.25, 0.3) is 0 Å². The molecule has 0 N–H and O–H groups in total. The van der Waals surface area contributed by atoms with Gasteiger partial charge in [-0.2, -0.15) is 0 Å². The summed E-state index contributed by atoms with van der Waals surface area (Å²) in [4.78, 5) is 6.81. The van der Waals surface area contributed by atoms with E-state index >= 15 is 0 Å². The third-order valence-corrected chi connectivity index (χ3v) is 3.65. The minimum atomic E-state index is 0.262. The zero-order valence-electron chi connectivity index (χ0n) is 9.69. The van der Waals surface area contributed by atoms with Crippen LogP contribution in [0, 0.1) is 6.92 Å². The Morgan fingerprint density at radius 1 is 1.62 bits per heavy atom. The van der Waals surface area contributed by atoms with Crippen molar-refractivity contribution in [3.63, 3.8) is 0 Å². The Bertz CT molecular complexity index is 359. The molecule has 2 atom stereocenters. The lowest BCUT2D eigenvalue weighted by molar-refractivity contribution is 0.0376. The molecule has 1 aliphatic rings. The van der Waals surface area contributed by atoms with Crippen molar-refractivity contribution in [1.29, 1.82) is 0 Å². The number of pyridine rings is 1. The van der Waals surface area contributed by atoms with Gasteiger partial charge in [0, 0.05) is 18.1 Å². The van der Waals surface area contributed by atoms with E-state index in [1.165, 1.54) is 5.56 Å². The fourth-order valence-electron chi connectivity index (χ4n) is 1.98. The van der Waals surface area contributed by atoms with Crippen LogP contribution in [0.25, 0.3) is 0 Å². The molecule has 2 rings (SSSR count). The number of anilines is 1. The minimum absolute atomic E-state index is 0.262. The first-order valence-corrected chi connectivity index (χ1v) is 6.70. The number of alkyl halides is 1. The Labute approximate surface area is 105 Å². The lowest BCUT2D eigenvalue weighted by Gasteiger charge is -2.38. The second-order valence-corrected chi connectivity index (χ2v) is 4.90. The van der Waals surface area contributed by atoms with E-state index in [1.807, 2.05) is 12.3 Å². The average Bonchev–Trinajstić information content (AvgIpc) is 2.31. The van der Waals surface area contributed by atoms with Crippen LogP contribution in [0.5, 0.6) is 0 Å². The smallest absolute Gasteiger partial charge is 0.131 e. The normalized spacial score (nSPS) is 25.8. The van der Waals surface area contributed by atoms with Crippen LogP contribution >= 0.6 is 15.9 Å². The Balaban J connectivity index is 2.21. The maximum Gasteiger partial charge on any atom is 0.131 e.